The molecule has 11 heavy (non-hydrogen) atoms. The molecule has 1 aliphatic carbocycles. The first-order valence-corrected chi connectivity index (χ1v) is 3.74. The molecule has 0 aromatic heterocycles. The highest BCUT2D eigenvalue weighted by Crippen LogP contribution is 2.25. The van der Waals surface area contributed by atoms with Crippen molar-refractivity contribution in [1.29, 1.82) is 0 Å². The molecular formula is C10H9O. The van der Waals surface area contributed by atoms with Crippen LogP contribution in [0.5, 0.6) is 0 Å². The zero-order valence-corrected chi connectivity index (χ0v) is 6.21. The third-order valence-corrected chi connectivity index (χ3v) is 2.12. The van der Waals surface area contributed by atoms with Crippen molar-refractivity contribution in [2.45, 2.75) is 6.42 Å². The van der Waals surface area contributed by atoms with E-state index in [1.54, 1.807) is 0 Å². The summed E-state index contributed by atoms with van der Waals surface area (Å²) in [4.78, 5) is 11.3. The van der Waals surface area contributed by atoms with Gasteiger partial charge in [0.15, 0.2) is 5.78 Å². The van der Waals surface area contributed by atoms with E-state index in [1.807, 2.05) is 24.3 Å². The molecular weight excluding hydrogens is 136 g/mol. The summed E-state index contributed by atoms with van der Waals surface area (Å²) in [6, 6.07) is 7.74. The fourth-order valence-electron chi connectivity index (χ4n) is 1.52. The van der Waals surface area contributed by atoms with Crippen molar-refractivity contribution >= 4 is 5.78 Å². The molecule has 1 atom stereocenters. The Kier molecular flexibility index (Phi) is 1.31. The number of benzene rings is 1. The number of carbonyl (C=O) groups is 1. The van der Waals surface area contributed by atoms with E-state index in [2.05, 4.69) is 6.92 Å². The summed E-state index contributed by atoms with van der Waals surface area (Å²) in [6.07, 6.45) is 0.814. The monoisotopic (exact) mass is 145 g/mol. The maximum Gasteiger partial charge on any atom is 0.166 e. The zero-order valence-electron chi connectivity index (χ0n) is 6.21. The average molecular weight is 145 g/mol. The SMILES string of the molecule is [CH2]C1Cc2ccccc2C1=O. The summed E-state index contributed by atoms with van der Waals surface area (Å²) in [5.41, 5.74) is 2.02. The Hall–Kier alpha value is -1.11. The molecule has 0 amide bonds. The molecule has 0 saturated heterocycles. The van der Waals surface area contributed by atoms with Gasteiger partial charge < -0.3 is 0 Å². The Balaban J connectivity index is 2.55. The molecule has 1 aliphatic rings. The number of carbonyl (C=O) groups excluding carboxylic acids is 1. The third kappa shape index (κ3) is 0.881. The van der Waals surface area contributed by atoms with Gasteiger partial charge in [0.2, 0.25) is 0 Å². The first-order chi connectivity index (χ1) is 5.29. The van der Waals surface area contributed by atoms with Crippen LogP contribution in [0.2, 0.25) is 0 Å². The fourth-order valence-corrected chi connectivity index (χ4v) is 1.52. The summed E-state index contributed by atoms with van der Waals surface area (Å²) < 4.78 is 0. The molecule has 0 saturated carbocycles. The average Bonchev–Trinajstić information content (AvgIpc) is 2.30. The molecule has 1 aromatic carbocycles. The first-order valence-electron chi connectivity index (χ1n) is 3.74. The van der Waals surface area contributed by atoms with Crippen LogP contribution in [0.4, 0.5) is 0 Å². The van der Waals surface area contributed by atoms with E-state index in [0.29, 0.717) is 0 Å². The maximum atomic E-state index is 11.3. The first kappa shape index (κ1) is 6.59. The van der Waals surface area contributed by atoms with E-state index in [4.69, 9.17) is 0 Å². The number of ketones is 1. The molecule has 0 bridgehead atoms. The van der Waals surface area contributed by atoms with E-state index in [1.165, 1.54) is 0 Å². The molecule has 1 unspecified atom stereocenters. The van der Waals surface area contributed by atoms with Crippen molar-refractivity contribution in [1.82, 2.24) is 0 Å². The molecule has 1 nitrogen and oxygen atoms in total. The van der Waals surface area contributed by atoms with Gasteiger partial charge in [-0.3, -0.25) is 4.79 Å². The van der Waals surface area contributed by atoms with E-state index in [9.17, 15) is 4.79 Å². The minimum atomic E-state index is -0.0487. The van der Waals surface area contributed by atoms with Crippen LogP contribution < -0.4 is 0 Å². The molecule has 0 spiro atoms. The fraction of sp³-hybridized carbons (Fsp3) is 0.200. The number of hydrogen-bond donors (Lipinski definition) is 0. The van der Waals surface area contributed by atoms with E-state index in [0.717, 1.165) is 17.5 Å². The minimum Gasteiger partial charge on any atom is -0.294 e. The number of fused-ring (bicyclic) bond motifs is 1. The predicted molar refractivity (Wildman–Crippen MR) is 43.3 cm³/mol. The van der Waals surface area contributed by atoms with Gasteiger partial charge in [-0.25, -0.2) is 0 Å². The smallest absolute Gasteiger partial charge is 0.166 e. The number of rotatable bonds is 0. The normalized spacial score (nSPS) is 21.9. The second-order valence-corrected chi connectivity index (χ2v) is 2.92. The second-order valence-electron chi connectivity index (χ2n) is 2.92. The van der Waals surface area contributed by atoms with Gasteiger partial charge in [0, 0.05) is 11.5 Å². The molecule has 55 valence electrons. The minimum absolute atomic E-state index is 0.0487. The highest BCUT2D eigenvalue weighted by molar-refractivity contribution is 6.02. The summed E-state index contributed by atoms with van der Waals surface area (Å²) in [7, 11) is 0. The number of hydrogen-bond acceptors (Lipinski definition) is 1. The van der Waals surface area contributed by atoms with E-state index >= 15 is 0 Å². The summed E-state index contributed by atoms with van der Waals surface area (Å²) in [5.74, 6) is 0.146. The highest BCUT2D eigenvalue weighted by atomic mass is 16.1. The lowest BCUT2D eigenvalue weighted by Crippen LogP contribution is -2.03. The van der Waals surface area contributed by atoms with Crippen LogP contribution in [0.25, 0.3) is 0 Å². The van der Waals surface area contributed by atoms with E-state index in [-0.39, 0.29) is 11.7 Å². The molecule has 1 heteroatoms. The van der Waals surface area contributed by atoms with Crippen molar-refractivity contribution in [3.05, 3.63) is 42.3 Å². The molecule has 0 N–H and O–H groups in total. The van der Waals surface area contributed by atoms with Gasteiger partial charge in [-0.15, -0.1) is 0 Å². The van der Waals surface area contributed by atoms with Gasteiger partial charge in [-0.1, -0.05) is 24.3 Å². The van der Waals surface area contributed by atoms with Gasteiger partial charge in [0.05, 0.1) is 0 Å². The molecule has 1 aromatic rings. The standard InChI is InChI=1S/C10H9O/c1-7-6-8-4-2-3-5-9(8)10(7)11/h2-5,7H,1,6H2. The Morgan fingerprint density at radius 3 is 2.82 bits per heavy atom. The van der Waals surface area contributed by atoms with Gasteiger partial charge in [0.25, 0.3) is 0 Å². The molecule has 2 rings (SSSR count). The van der Waals surface area contributed by atoms with Crippen LogP contribution in [0.15, 0.2) is 24.3 Å². The molecule has 0 aliphatic heterocycles. The second kappa shape index (κ2) is 2.19. The van der Waals surface area contributed by atoms with Crippen molar-refractivity contribution in [3.63, 3.8) is 0 Å². The summed E-state index contributed by atoms with van der Waals surface area (Å²) in [5, 5.41) is 0. The third-order valence-electron chi connectivity index (χ3n) is 2.12. The lowest BCUT2D eigenvalue weighted by Gasteiger charge is -1.93. The lowest BCUT2D eigenvalue weighted by molar-refractivity contribution is 0.0959. The van der Waals surface area contributed by atoms with Crippen molar-refractivity contribution in [2.75, 3.05) is 0 Å². The number of Topliss-reactive ketones (excluding diaryl/α,β-unsaturated/α-hetero) is 1. The largest absolute Gasteiger partial charge is 0.294 e. The van der Waals surface area contributed by atoms with Gasteiger partial charge >= 0.3 is 0 Å². The highest BCUT2D eigenvalue weighted by Gasteiger charge is 2.25. The molecule has 0 heterocycles. The lowest BCUT2D eigenvalue weighted by atomic mass is 10.1. The Morgan fingerprint density at radius 2 is 2.09 bits per heavy atom. The van der Waals surface area contributed by atoms with Crippen molar-refractivity contribution in [3.8, 4) is 0 Å². The van der Waals surface area contributed by atoms with Crippen molar-refractivity contribution in [2.24, 2.45) is 5.92 Å². The van der Waals surface area contributed by atoms with Gasteiger partial charge in [-0.2, -0.15) is 0 Å². The topological polar surface area (TPSA) is 17.1 Å². The van der Waals surface area contributed by atoms with Crippen molar-refractivity contribution < 1.29 is 4.79 Å². The van der Waals surface area contributed by atoms with Gasteiger partial charge in [-0.05, 0) is 18.9 Å². The Labute approximate surface area is 66.0 Å². The summed E-state index contributed by atoms with van der Waals surface area (Å²) >= 11 is 0. The Morgan fingerprint density at radius 1 is 1.36 bits per heavy atom. The van der Waals surface area contributed by atoms with Gasteiger partial charge in [0.1, 0.15) is 0 Å². The van der Waals surface area contributed by atoms with Crippen LogP contribution in [0.1, 0.15) is 15.9 Å². The van der Waals surface area contributed by atoms with Crippen LogP contribution >= 0.6 is 0 Å². The quantitative estimate of drug-likeness (QED) is 0.544. The molecule has 1 radical (unpaired) electrons. The summed E-state index contributed by atoms with van der Waals surface area (Å²) in [6.45, 7) is 3.78. The van der Waals surface area contributed by atoms with Crippen LogP contribution in [0.3, 0.4) is 0 Å². The van der Waals surface area contributed by atoms with Crippen LogP contribution in [-0.4, -0.2) is 5.78 Å². The van der Waals surface area contributed by atoms with Crippen LogP contribution in [-0.2, 0) is 6.42 Å². The Bertz CT molecular complexity index is 301. The van der Waals surface area contributed by atoms with E-state index < -0.39 is 0 Å². The predicted octanol–water partition coefficient (Wildman–Crippen LogP) is 1.88. The van der Waals surface area contributed by atoms with Crippen LogP contribution in [0, 0.1) is 12.8 Å². The molecule has 0 fully saturated rings. The zero-order chi connectivity index (χ0) is 7.84. The maximum absolute atomic E-state index is 11.3.